The summed E-state index contributed by atoms with van der Waals surface area (Å²) >= 11 is 0. The summed E-state index contributed by atoms with van der Waals surface area (Å²) in [4.78, 5) is 161. The molecular formula is C45H65N12O13+. The Morgan fingerprint density at radius 1 is 0.829 bits per heavy atom. The average molecular weight is 982 g/mol. The molecule has 1 aliphatic carbocycles. The molecule has 1 aromatic carbocycles. The van der Waals surface area contributed by atoms with Gasteiger partial charge >= 0.3 is 5.91 Å². The molecule has 2 bridgehead atoms. The van der Waals surface area contributed by atoms with Crippen molar-refractivity contribution < 1.29 is 67.1 Å². The minimum absolute atomic E-state index is 0.0209. The molecule has 4 fully saturated rings. The van der Waals surface area contributed by atoms with Gasteiger partial charge in [-0.25, -0.2) is 9.28 Å². The second-order valence-corrected chi connectivity index (χ2v) is 18.5. The first-order valence-corrected chi connectivity index (χ1v) is 23.4. The second-order valence-electron chi connectivity index (χ2n) is 18.5. The van der Waals surface area contributed by atoms with Crippen LogP contribution in [-0.2, 0) is 64.0 Å². The van der Waals surface area contributed by atoms with Gasteiger partial charge in [-0.3, -0.25) is 52.7 Å². The van der Waals surface area contributed by atoms with Gasteiger partial charge < -0.3 is 64.0 Å². The molecule has 0 aromatic heterocycles. The van der Waals surface area contributed by atoms with Crippen LogP contribution in [0, 0.1) is 17.8 Å². The Labute approximate surface area is 403 Å². The highest BCUT2D eigenvalue weighted by molar-refractivity contribution is 5.98. The van der Waals surface area contributed by atoms with Gasteiger partial charge in [0.05, 0.1) is 26.1 Å². The summed E-state index contributed by atoms with van der Waals surface area (Å²) in [5, 5.41) is 30.6. The van der Waals surface area contributed by atoms with Crippen LogP contribution in [0.4, 0.5) is 0 Å². The van der Waals surface area contributed by atoms with Crippen LogP contribution < -0.4 is 54.0 Å². The molecule has 13 N–H and O–H groups in total. The molecule has 3 aliphatic heterocycles. The molecular weight excluding hydrogens is 917 g/mol. The summed E-state index contributed by atoms with van der Waals surface area (Å²) in [6.45, 7) is 3.72. The number of likely N-dealkylation sites (N-methyl/N-ethyl adjacent to an activating group) is 1. The van der Waals surface area contributed by atoms with Crippen LogP contribution >= 0.6 is 0 Å². The number of fused-ring (bicyclic) bond motifs is 1. The van der Waals surface area contributed by atoms with Gasteiger partial charge in [-0.15, -0.1) is 0 Å². The maximum absolute atomic E-state index is 14.9. The lowest BCUT2D eigenvalue weighted by atomic mass is 9.95. The number of benzene rings is 1. The van der Waals surface area contributed by atoms with Crippen molar-refractivity contribution >= 4 is 70.9 Å². The smallest absolute Gasteiger partial charge is 0.339 e. The van der Waals surface area contributed by atoms with E-state index in [4.69, 9.17) is 11.5 Å². The first-order valence-electron chi connectivity index (χ1n) is 23.4. The van der Waals surface area contributed by atoms with Crippen LogP contribution in [0.5, 0.6) is 5.75 Å². The van der Waals surface area contributed by atoms with E-state index in [9.17, 15) is 62.6 Å². The molecule has 1 saturated carbocycles. The van der Waals surface area contributed by atoms with Gasteiger partial charge in [-0.05, 0) is 55.7 Å². The summed E-state index contributed by atoms with van der Waals surface area (Å²) in [6, 6.07) is -1.90. The predicted molar refractivity (Wildman–Crippen MR) is 244 cm³/mol. The minimum Gasteiger partial charge on any atom is -0.508 e. The lowest BCUT2D eigenvalue weighted by molar-refractivity contribution is -0.767. The Morgan fingerprint density at radius 3 is 2.19 bits per heavy atom. The van der Waals surface area contributed by atoms with Crippen LogP contribution in [-0.4, -0.2) is 161 Å². The predicted octanol–water partition coefficient (Wildman–Crippen LogP) is -4.74. The van der Waals surface area contributed by atoms with Crippen molar-refractivity contribution in [1.82, 2.24) is 47.4 Å². The van der Waals surface area contributed by atoms with Gasteiger partial charge in [0.1, 0.15) is 23.9 Å². The number of carbonyl (C=O) groups excluding carboxylic acids is 12. The summed E-state index contributed by atoms with van der Waals surface area (Å²) < 4.78 is -0.706. The molecule has 70 heavy (non-hydrogen) atoms. The van der Waals surface area contributed by atoms with Crippen molar-refractivity contribution in [2.45, 2.75) is 121 Å². The van der Waals surface area contributed by atoms with Crippen LogP contribution in [0.2, 0.25) is 0 Å². The first-order chi connectivity index (χ1) is 33.1. The number of nitrogens with one attached hydrogen (secondary N) is 8. The summed E-state index contributed by atoms with van der Waals surface area (Å²) in [5.74, 6) is -9.91. The number of quaternary nitrogens is 1. The third kappa shape index (κ3) is 13.3. The van der Waals surface area contributed by atoms with E-state index in [0.29, 0.717) is 24.8 Å². The van der Waals surface area contributed by atoms with E-state index in [-0.39, 0.29) is 50.6 Å². The molecule has 3 heterocycles. The van der Waals surface area contributed by atoms with Crippen molar-refractivity contribution in [3.63, 3.8) is 0 Å². The standard InChI is InChI=1S/C45H64N12O13/c1-5-22(2)38-43(68)53-28(10-12-32(46)59)41(66)54-30-18-35(62)55-39-23(3)57(39,45(30)70)31(42(67)48-15-14-25-17-27(25)40(65)51-20-36(63)49-19-33(47)60)11-13-34(61)50-21-37(64)52-29(44(69)56(38)4)16-24-6-8-26(58)9-7-24/h6-9,22-23,25,27-31,38-39H,5,10-21H2,1-4H3,(H12-,46,47,48,49,50,51,52,53,54,55,58,59,60,61,62,63,64,65,66,67,68)/p+1. The highest BCUT2D eigenvalue weighted by atomic mass is 16.3. The molecule has 12 amide bonds. The molecule has 11 unspecified atom stereocenters. The van der Waals surface area contributed by atoms with Gasteiger partial charge in [0, 0.05) is 45.2 Å². The monoisotopic (exact) mass is 981 g/mol. The number of hydrogen-bond acceptors (Lipinski definition) is 13. The number of primary amides is 2. The fourth-order valence-electron chi connectivity index (χ4n) is 9.42. The fraction of sp³-hybridized carbons (Fsp3) is 0.600. The van der Waals surface area contributed by atoms with E-state index in [0.717, 1.165) is 4.90 Å². The van der Waals surface area contributed by atoms with Gasteiger partial charge in [0.15, 0.2) is 18.1 Å². The lowest BCUT2D eigenvalue weighted by Crippen LogP contribution is -2.62. The average Bonchev–Trinajstić information content (AvgIpc) is 4.22. The zero-order valence-electron chi connectivity index (χ0n) is 39.7. The van der Waals surface area contributed by atoms with Crippen molar-refractivity contribution in [2.75, 3.05) is 33.2 Å². The zero-order chi connectivity index (χ0) is 51.6. The number of phenols is 1. The Kier molecular flexibility index (Phi) is 18.0. The van der Waals surface area contributed by atoms with Crippen molar-refractivity contribution in [3.05, 3.63) is 29.8 Å². The van der Waals surface area contributed by atoms with Gasteiger partial charge in [0.2, 0.25) is 65.2 Å². The second kappa shape index (κ2) is 23.4. The van der Waals surface area contributed by atoms with E-state index < -0.39 is 155 Å². The largest absolute Gasteiger partial charge is 0.508 e. The third-order valence-electron chi connectivity index (χ3n) is 13.6. The van der Waals surface area contributed by atoms with Crippen molar-refractivity contribution in [2.24, 2.45) is 29.2 Å². The Hall–Kier alpha value is -7.18. The SMILES string of the molecule is CCC(C)C1C(=O)NC(CCC(N)=O)C(=O)NC2CC(=O)NC3C(C)[N+]3(C2=O)C(C(=O)NCCC2CC2C(=O)NCC(=O)NCC(N)=O)CCC(=O)NCC(=O)NC(Cc2ccc(O)cc2)C(=O)N1C. The molecule has 1 spiro atoms. The van der Waals surface area contributed by atoms with E-state index in [1.165, 1.54) is 19.2 Å². The summed E-state index contributed by atoms with van der Waals surface area (Å²) in [5.41, 5.74) is 11.0. The highest BCUT2D eigenvalue weighted by Crippen LogP contribution is 2.46. The summed E-state index contributed by atoms with van der Waals surface area (Å²) in [7, 11) is 1.35. The quantitative estimate of drug-likeness (QED) is 0.0549. The van der Waals surface area contributed by atoms with E-state index in [1.807, 2.05) is 0 Å². The molecule has 382 valence electrons. The molecule has 0 radical (unpaired) electrons. The number of hydrogen-bond donors (Lipinski definition) is 11. The Balaban J connectivity index is 1.43. The molecule has 3 saturated heterocycles. The van der Waals surface area contributed by atoms with E-state index >= 15 is 0 Å². The Bertz CT molecular complexity index is 2240. The highest BCUT2D eigenvalue weighted by Gasteiger charge is 2.76. The Morgan fingerprint density at radius 2 is 1.53 bits per heavy atom. The van der Waals surface area contributed by atoms with Crippen LogP contribution in [0.25, 0.3) is 0 Å². The van der Waals surface area contributed by atoms with E-state index in [2.05, 4.69) is 42.5 Å². The number of phenolic OH excluding ortho intramolecular Hbond substituents is 1. The van der Waals surface area contributed by atoms with E-state index in [1.54, 1.807) is 32.9 Å². The van der Waals surface area contributed by atoms with Gasteiger partial charge in [-0.1, -0.05) is 32.4 Å². The number of aromatic hydroxyl groups is 1. The molecule has 25 heteroatoms. The zero-order valence-corrected chi connectivity index (χ0v) is 39.7. The number of nitrogens with zero attached hydrogens (tertiary/aromatic N) is 2. The number of nitrogens with two attached hydrogens (primary N) is 2. The normalized spacial score (nSPS) is 28.9. The van der Waals surface area contributed by atoms with Gasteiger partial charge in [-0.2, -0.15) is 0 Å². The maximum atomic E-state index is 14.9. The lowest BCUT2D eigenvalue weighted by Gasteiger charge is -2.35. The molecule has 25 nitrogen and oxygen atoms in total. The number of amides is 12. The van der Waals surface area contributed by atoms with Gasteiger partial charge in [0.25, 0.3) is 5.91 Å². The van der Waals surface area contributed by atoms with Crippen molar-refractivity contribution in [3.8, 4) is 5.75 Å². The first kappa shape index (κ1) is 53.8. The fourth-order valence-corrected chi connectivity index (χ4v) is 9.42. The van der Waals surface area contributed by atoms with Crippen LogP contribution in [0.3, 0.4) is 0 Å². The van der Waals surface area contributed by atoms with Crippen molar-refractivity contribution in [1.29, 1.82) is 0 Å². The maximum Gasteiger partial charge on any atom is 0.339 e. The molecule has 1 aromatic rings. The number of carbonyl (C=O) groups is 12. The van der Waals surface area contributed by atoms with Crippen LogP contribution in [0.1, 0.15) is 77.7 Å². The topological polar surface area (TPSA) is 377 Å². The van der Waals surface area contributed by atoms with Crippen LogP contribution in [0.15, 0.2) is 24.3 Å². The number of rotatable bonds is 16. The third-order valence-corrected chi connectivity index (χ3v) is 13.6. The minimum atomic E-state index is -1.58. The molecule has 5 rings (SSSR count). The molecule has 4 aliphatic rings. The summed E-state index contributed by atoms with van der Waals surface area (Å²) in [6.07, 6.45) is -1.96. The molecule has 11 atom stereocenters.